The van der Waals surface area contributed by atoms with E-state index in [1.54, 1.807) is 0 Å². The summed E-state index contributed by atoms with van der Waals surface area (Å²) in [6, 6.07) is 0. The molecule has 0 bridgehead atoms. The van der Waals surface area contributed by atoms with Crippen molar-refractivity contribution in [2.45, 2.75) is 0 Å². The van der Waals surface area contributed by atoms with Crippen molar-refractivity contribution in [3.8, 4) is 0 Å². The van der Waals surface area contributed by atoms with Crippen LogP contribution in [0.15, 0.2) is 0 Å². The Morgan fingerprint density at radius 1 is 0.800 bits per heavy atom. The van der Waals surface area contributed by atoms with E-state index in [1.807, 2.05) is 0 Å². The molecule has 0 fully saturated rings. The summed E-state index contributed by atoms with van der Waals surface area (Å²) in [7, 11) is 0. The first-order valence-corrected chi connectivity index (χ1v) is 5.20. The van der Waals surface area contributed by atoms with Crippen LogP contribution in [0, 0.1) is 0 Å². The maximum atomic E-state index is 8.54. The summed E-state index contributed by atoms with van der Waals surface area (Å²) >= 11 is -7.58. The Kier molecular flexibility index (Phi) is 37.9. The van der Waals surface area contributed by atoms with Crippen LogP contribution >= 0.6 is 0 Å². The minimum Gasteiger partial charge on any atom is 2.00 e. The molecular formula is CoNiO6Se2. The first kappa shape index (κ1) is 22.5. The molecule has 0 saturated carbocycles. The van der Waals surface area contributed by atoms with Crippen LogP contribution < -0.4 is 16.8 Å². The van der Waals surface area contributed by atoms with Crippen molar-refractivity contribution in [1.29, 1.82) is 0 Å². The molecule has 0 atom stereocenters. The van der Waals surface area contributed by atoms with Crippen LogP contribution in [-0.2, 0) is 40.9 Å². The van der Waals surface area contributed by atoms with Crippen molar-refractivity contribution in [3.05, 3.63) is 0 Å². The van der Waals surface area contributed by atoms with E-state index in [-0.39, 0.29) is 33.3 Å². The molecule has 0 saturated heterocycles. The Labute approximate surface area is 86.2 Å². The first-order chi connectivity index (χ1) is 3.46. The number of hydrogen-bond donors (Lipinski definition) is 0. The van der Waals surface area contributed by atoms with E-state index in [4.69, 9.17) is 24.4 Å². The Balaban J connectivity index is -0.0000000300. The zero-order valence-electron chi connectivity index (χ0n) is 3.92. The Hall–Kier alpha value is 1.48. The van der Waals surface area contributed by atoms with E-state index < -0.39 is 29.0 Å². The summed E-state index contributed by atoms with van der Waals surface area (Å²) in [6.45, 7) is 0. The van der Waals surface area contributed by atoms with Gasteiger partial charge in [0.1, 0.15) is 0 Å². The second-order valence-electron chi connectivity index (χ2n) is 0.408. The maximum absolute atomic E-state index is 8.54. The van der Waals surface area contributed by atoms with Crippen LogP contribution in [0.1, 0.15) is 0 Å². The first-order valence-electron chi connectivity index (χ1n) is 1.00. The Morgan fingerprint density at radius 3 is 0.800 bits per heavy atom. The van der Waals surface area contributed by atoms with Gasteiger partial charge in [-0.15, -0.1) is 0 Å². The quantitative estimate of drug-likeness (QED) is 0.391. The van der Waals surface area contributed by atoms with Crippen molar-refractivity contribution in [2.75, 3.05) is 0 Å². The fraction of sp³-hybridized carbons (Fsp3) is 0. The molecule has 6 nitrogen and oxygen atoms in total. The second kappa shape index (κ2) is 16.8. The van der Waals surface area contributed by atoms with Gasteiger partial charge in [-0.05, 0) is 0 Å². The molecule has 0 aliphatic carbocycles. The summed E-state index contributed by atoms with van der Waals surface area (Å²) in [5.74, 6) is 0. The molecule has 1 radical (unpaired) electrons. The Bertz CT molecular complexity index is 73.7. The second-order valence-corrected chi connectivity index (χ2v) is 2.12. The van der Waals surface area contributed by atoms with Gasteiger partial charge < -0.3 is 0 Å². The fourth-order valence-corrected chi connectivity index (χ4v) is 0. The van der Waals surface area contributed by atoms with Crippen molar-refractivity contribution < 1.29 is 57.7 Å². The summed E-state index contributed by atoms with van der Waals surface area (Å²) in [5.41, 5.74) is 0. The van der Waals surface area contributed by atoms with E-state index in [2.05, 4.69) is 0 Å². The third kappa shape index (κ3) is 312. The van der Waals surface area contributed by atoms with Gasteiger partial charge in [0, 0.05) is 0 Å². The standard InChI is InChI=1S/Co.Ni.2H2O3Se/c;;2*1-4(2)3/h;;2*(H2,1,2,3)/q2*+2;;/p-4. The normalized spacial score (nSPS) is 7.00. The average Bonchev–Trinajstić information content (AvgIpc) is 1.25. The van der Waals surface area contributed by atoms with E-state index in [9.17, 15) is 0 Å². The third-order valence-electron chi connectivity index (χ3n) is 0. The van der Waals surface area contributed by atoms with Gasteiger partial charge >= 0.3 is 86.7 Å². The molecule has 10 heavy (non-hydrogen) atoms. The smallest absolute Gasteiger partial charge is 2.00 e. The summed E-state index contributed by atoms with van der Waals surface area (Å²) in [6.07, 6.45) is 0. The fourth-order valence-electron chi connectivity index (χ4n) is 0. The van der Waals surface area contributed by atoms with Crippen LogP contribution in [-0.4, -0.2) is 29.0 Å². The monoisotopic (exact) mass is 373 g/mol. The molecule has 0 amide bonds. The predicted octanol–water partition coefficient (Wildman–Crippen LogP) is -5.76. The molecule has 0 rings (SSSR count). The van der Waals surface area contributed by atoms with Gasteiger partial charge in [-0.1, -0.05) is 0 Å². The molecule has 0 aliphatic rings. The number of hydrogen-bond acceptors (Lipinski definition) is 6. The van der Waals surface area contributed by atoms with E-state index in [0.717, 1.165) is 0 Å². The molecule has 0 aliphatic heterocycles. The minimum absolute atomic E-state index is 0. The summed E-state index contributed by atoms with van der Waals surface area (Å²) < 4.78 is 51.2. The van der Waals surface area contributed by atoms with Gasteiger partial charge in [0.15, 0.2) is 0 Å². The predicted molar refractivity (Wildman–Crippen MR) is 12.9 cm³/mol. The molecule has 0 spiro atoms. The summed E-state index contributed by atoms with van der Waals surface area (Å²) in [4.78, 5) is 0. The van der Waals surface area contributed by atoms with Gasteiger partial charge in [-0.3, -0.25) is 0 Å². The summed E-state index contributed by atoms with van der Waals surface area (Å²) in [5, 5.41) is 0. The van der Waals surface area contributed by atoms with Crippen molar-refractivity contribution in [1.82, 2.24) is 0 Å². The zero-order valence-corrected chi connectivity index (χ0v) is 9.37. The van der Waals surface area contributed by atoms with E-state index in [0.29, 0.717) is 0 Å². The van der Waals surface area contributed by atoms with Gasteiger partial charge in [-0.25, -0.2) is 0 Å². The molecule has 10 heteroatoms. The molecule has 0 N–H and O–H groups in total. The molecule has 0 aromatic heterocycles. The average molecular weight is 372 g/mol. The van der Waals surface area contributed by atoms with Gasteiger partial charge in [-0.2, -0.15) is 0 Å². The van der Waals surface area contributed by atoms with Crippen LogP contribution in [0.5, 0.6) is 0 Å². The van der Waals surface area contributed by atoms with Crippen molar-refractivity contribution in [3.63, 3.8) is 0 Å². The van der Waals surface area contributed by atoms with E-state index in [1.165, 1.54) is 0 Å². The van der Waals surface area contributed by atoms with Crippen molar-refractivity contribution >= 4 is 29.0 Å². The SMILES string of the molecule is O=[Se]([O-])[O-].O=[Se]([O-])[O-].[Co+2].[Ni+2]. The maximum Gasteiger partial charge on any atom is 2.00 e. The molecular weight excluding hydrogens is 372 g/mol. The van der Waals surface area contributed by atoms with Crippen molar-refractivity contribution in [2.24, 2.45) is 0 Å². The topological polar surface area (TPSA) is 126 Å². The van der Waals surface area contributed by atoms with Gasteiger partial charge in [0.2, 0.25) is 0 Å². The van der Waals surface area contributed by atoms with Crippen LogP contribution in [0.3, 0.4) is 0 Å². The van der Waals surface area contributed by atoms with Crippen LogP contribution in [0.2, 0.25) is 0 Å². The molecule has 0 heterocycles. The zero-order chi connectivity index (χ0) is 7.15. The molecule has 67 valence electrons. The largest absolute Gasteiger partial charge is 2.00 e. The van der Waals surface area contributed by atoms with Crippen LogP contribution in [0.25, 0.3) is 0 Å². The molecule has 0 aromatic rings. The van der Waals surface area contributed by atoms with Gasteiger partial charge in [0.25, 0.3) is 0 Å². The minimum atomic E-state index is -3.79. The van der Waals surface area contributed by atoms with Crippen LogP contribution in [0.4, 0.5) is 0 Å². The Morgan fingerprint density at radius 2 is 0.800 bits per heavy atom. The molecule has 0 unspecified atom stereocenters. The van der Waals surface area contributed by atoms with Gasteiger partial charge in [0.05, 0.1) is 0 Å². The number of rotatable bonds is 0. The van der Waals surface area contributed by atoms with E-state index >= 15 is 0 Å². The third-order valence-corrected chi connectivity index (χ3v) is 0. The molecule has 0 aromatic carbocycles.